The third-order valence-corrected chi connectivity index (χ3v) is 6.20. The number of ether oxygens (including phenoxy) is 3. The Hall–Kier alpha value is -3.94. The molecule has 1 saturated carbocycles. The number of nitrogens with zero attached hydrogens (tertiary/aromatic N) is 1. The van der Waals surface area contributed by atoms with Crippen LogP contribution >= 0.6 is 0 Å². The third-order valence-electron chi connectivity index (χ3n) is 6.20. The van der Waals surface area contributed by atoms with Crippen LogP contribution in [0.5, 0.6) is 17.2 Å². The first-order valence-electron chi connectivity index (χ1n) is 11.6. The SMILES string of the molecule is COc1cc(C(C(=O)NC2CCCC2)N(C(=O)c2ccco2)c2ccccc2)cc(OC)c1OC. The van der Waals surface area contributed by atoms with E-state index in [1.807, 2.05) is 18.2 Å². The van der Waals surface area contributed by atoms with Crippen molar-refractivity contribution in [1.29, 1.82) is 0 Å². The second-order valence-corrected chi connectivity index (χ2v) is 8.34. The van der Waals surface area contributed by atoms with E-state index in [-0.39, 0.29) is 17.7 Å². The average Bonchev–Trinajstić information content (AvgIpc) is 3.61. The summed E-state index contributed by atoms with van der Waals surface area (Å²) in [5.74, 6) is 0.562. The monoisotopic (exact) mass is 478 g/mol. The Morgan fingerprint density at radius 1 is 0.943 bits per heavy atom. The Kier molecular flexibility index (Phi) is 7.60. The zero-order valence-electron chi connectivity index (χ0n) is 20.2. The number of rotatable bonds is 9. The summed E-state index contributed by atoms with van der Waals surface area (Å²) in [5, 5.41) is 3.16. The number of carbonyl (C=O) groups excluding carboxylic acids is 2. The number of hydrogen-bond donors (Lipinski definition) is 1. The molecule has 0 spiro atoms. The van der Waals surface area contributed by atoms with Crippen LogP contribution in [0.2, 0.25) is 0 Å². The summed E-state index contributed by atoms with van der Waals surface area (Å²) in [7, 11) is 4.54. The van der Waals surface area contributed by atoms with E-state index in [1.165, 1.54) is 32.5 Å². The van der Waals surface area contributed by atoms with Gasteiger partial charge >= 0.3 is 0 Å². The van der Waals surface area contributed by atoms with Crippen LogP contribution in [0.15, 0.2) is 65.3 Å². The van der Waals surface area contributed by atoms with Crippen molar-refractivity contribution in [3.8, 4) is 17.2 Å². The maximum absolute atomic E-state index is 13.9. The normalized spacial score (nSPS) is 14.3. The maximum atomic E-state index is 13.9. The summed E-state index contributed by atoms with van der Waals surface area (Å²) >= 11 is 0. The molecular formula is C27H30N2O6. The molecule has 0 saturated heterocycles. The molecule has 8 nitrogen and oxygen atoms in total. The number of nitrogens with one attached hydrogen (secondary N) is 1. The van der Waals surface area contributed by atoms with Gasteiger partial charge in [-0.3, -0.25) is 14.5 Å². The van der Waals surface area contributed by atoms with Gasteiger partial charge in [0.25, 0.3) is 5.91 Å². The van der Waals surface area contributed by atoms with Crippen molar-refractivity contribution in [2.75, 3.05) is 26.2 Å². The van der Waals surface area contributed by atoms with Gasteiger partial charge in [0.15, 0.2) is 17.3 Å². The molecule has 4 rings (SSSR count). The van der Waals surface area contributed by atoms with Crippen LogP contribution in [-0.2, 0) is 4.79 Å². The molecule has 35 heavy (non-hydrogen) atoms. The number of carbonyl (C=O) groups is 2. The molecule has 3 aromatic rings. The van der Waals surface area contributed by atoms with Crippen molar-refractivity contribution in [2.45, 2.75) is 37.8 Å². The van der Waals surface area contributed by atoms with Crippen molar-refractivity contribution in [2.24, 2.45) is 0 Å². The molecule has 1 aliphatic carbocycles. The van der Waals surface area contributed by atoms with E-state index in [0.717, 1.165) is 25.7 Å². The van der Waals surface area contributed by atoms with E-state index >= 15 is 0 Å². The lowest BCUT2D eigenvalue weighted by Gasteiger charge is -2.32. The van der Waals surface area contributed by atoms with Crippen LogP contribution in [0.1, 0.15) is 47.8 Å². The minimum atomic E-state index is -1.02. The molecule has 0 radical (unpaired) electrons. The first-order valence-corrected chi connectivity index (χ1v) is 11.6. The lowest BCUT2D eigenvalue weighted by Crippen LogP contribution is -2.46. The van der Waals surface area contributed by atoms with Gasteiger partial charge in [-0.05, 0) is 54.8 Å². The predicted molar refractivity (Wildman–Crippen MR) is 131 cm³/mol. The zero-order chi connectivity index (χ0) is 24.8. The maximum Gasteiger partial charge on any atom is 0.294 e. The topological polar surface area (TPSA) is 90.2 Å². The van der Waals surface area contributed by atoms with Crippen molar-refractivity contribution < 1.29 is 28.2 Å². The standard InChI is InChI=1S/C27H30N2O6/c1-32-22-16-18(17-23(33-2)25(22)34-3)24(26(30)28-19-10-7-8-11-19)29(20-12-5-4-6-13-20)27(31)21-14-9-15-35-21/h4-6,9,12-17,19,24H,7-8,10-11H2,1-3H3,(H,28,30). The number of anilines is 1. The molecule has 1 heterocycles. The van der Waals surface area contributed by atoms with Crippen molar-refractivity contribution in [3.05, 3.63) is 72.2 Å². The molecule has 1 aliphatic rings. The van der Waals surface area contributed by atoms with E-state index in [0.29, 0.717) is 28.5 Å². The van der Waals surface area contributed by atoms with E-state index < -0.39 is 11.9 Å². The van der Waals surface area contributed by atoms with Gasteiger partial charge in [-0.1, -0.05) is 31.0 Å². The fourth-order valence-corrected chi connectivity index (χ4v) is 4.52. The van der Waals surface area contributed by atoms with Crippen molar-refractivity contribution in [1.82, 2.24) is 5.32 Å². The Labute approximate surface area is 204 Å². The van der Waals surface area contributed by atoms with Crippen LogP contribution in [0, 0.1) is 0 Å². The second-order valence-electron chi connectivity index (χ2n) is 8.34. The minimum absolute atomic E-state index is 0.0587. The number of methoxy groups -OCH3 is 3. The van der Waals surface area contributed by atoms with E-state index in [1.54, 1.807) is 36.4 Å². The first kappa shape index (κ1) is 24.2. The van der Waals surface area contributed by atoms with Gasteiger partial charge in [-0.15, -0.1) is 0 Å². The van der Waals surface area contributed by atoms with Crippen molar-refractivity contribution in [3.63, 3.8) is 0 Å². The summed E-state index contributed by atoms with van der Waals surface area (Å²) in [6, 6.07) is 14.7. The molecule has 8 heteroatoms. The number of furan rings is 1. The lowest BCUT2D eigenvalue weighted by atomic mass is 10.0. The molecule has 2 amide bonds. The second kappa shape index (κ2) is 11.0. The summed E-state index contributed by atoms with van der Waals surface area (Å²) in [6.07, 6.45) is 5.38. The Morgan fingerprint density at radius 2 is 1.60 bits per heavy atom. The molecular weight excluding hydrogens is 448 g/mol. The molecule has 0 bridgehead atoms. The molecule has 1 unspecified atom stereocenters. The average molecular weight is 479 g/mol. The number of benzene rings is 2. The molecule has 2 aromatic carbocycles. The van der Waals surface area contributed by atoms with E-state index in [4.69, 9.17) is 18.6 Å². The molecule has 1 atom stereocenters. The number of hydrogen-bond acceptors (Lipinski definition) is 6. The molecule has 1 aromatic heterocycles. The summed E-state index contributed by atoms with van der Waals surface area (Å²) in [4.78, 5) is 29.1. The highest BCUT2D eigenvalue weighted by Crippen LogP contribution is 2.42. The first-order chi connectivity index (χ1) is 17.1. The third kappa shape index (κ3) is 5.11. The largest absolute Gasteiger partial charge is 0.493 e. The fraction of sp³-hybridized carbons (Fsp3) is 0.333. The van der Waals surface area contributed by atoms with Crippen molar-refractivity contribution >= 4 is 17.5 Å². The number of amides is 2. The van der Waals surface area contributed by atoms with Gasteiger partial charge in [-0.25, -0.2) is 0 Å². The van der Waals surface area contributed by atoms with E-state index in [9.17, 15) is 9.59 Å². The van der Waals surface area contributed by atoms with Gasteiger partial charge in [0.05, 0.1) is 27.6 Å². The van der Waals surface area contributed by atoms with Gasteiger partial charge in [0, 0.05) is 11.7 Å². The number of para-hydroxylation sites is 1. The van der Waals surface area contributed by atoms with Gasteiger partial charge in [0.2, 0.25) is 11.7 Å². The Balaban J connectivity index is 1.88. The predicted octanol–water partition coefficient (Wildman–Crippen LogP) is 4.75. The highest BCUT2D eigenvalue weighted by atomic mass is 16.5. The Bertz CT molecular complexity index is 1110. The highest BCUT2D eigenvalue weighted by Gasteiger charge is 2.37. The molecule has 1 fully saturated rings. The summed E-state index contributed by atoms with van der Waals surface area (Å²) < 4.78 is 22.0. The van der Waals surface area contributed by atoms with Crippen LogP contribution in [0.3, 0.4) is 0 Å². The summed E-state index contributed by atoms with van der Waals surface area (Å²) in [6.45, 7) is 0. The quantitative estimate of drug-likeness (QED) is 0.477. The zero-order valence-corrected chi connectivity index (χ0v) is 20.2. The van der Waals surface area contributed by atoms with Crippen LogP contribution in [-0.4, -0.2) is 39.2 Å². The van der Waals surface area contributed by atoms with Crippen LogP contribution in [0.25, 0.3) is 0 Å². The summed E-state index contributed by atoms with van der Waals surface area (Å²) in [5.41, 5.74) is 1.06. The highest BCUT2D eigenvalue weighted by molar-refractivity contribution is 6.08. The van der Waals surface area contributed by atoms with Crippen LogP contribution < -0.4 is 24.4 Å². The van der Waals surface area contributed by atoms with Gasteiger partial charge in [-0.2, -0.15) is 0 Å². The van der Waals surface area contributed by atoms with Gasteiger partial charge in [0.1, 0.15) is 6.04 Å². The molecule has 184 valence electrons. The fourth-order valence-electron chi connectivity index (χ4n) is 4.52. The molecule has 1 N–H and O–H groups in total. The molecule has 0 aliphatic heterocycles. The van der Waals surface area contributed by atoms with Gasteiger partial charge < -0.3 is 23.9 Å². The van der Waals surface area contributed by atoms with Crippen LogP contribution in [0.4, 0.5) is 5.69 Å². The van der Waals surface area contributed by atoms with E-state index in [2.05, 4.69) is 5.32 Å². The smallest absolute Gasteiger partial charge is 0.294 e. The lowest BCUT2D eigenvalue weighted by molar-refractivity contribution is -0.123. The Morgan fingerprint density at radius 3 is 2.14 bits per heavy atom. The minimum Gasteiger partial charge on any atom is -0.493 e.